The number of hydrogen-bond acceptors (Lipinski definition) is 3. The molecule has 0 saturated heterocycles. The lowest BCUT2D eigenvalue weighted by molar-refractivity contribution is 1.01. The van der Waals surface area contributed by atoms with Crippen LogP contribution in [0, 0.1) is 0 Å². The maximum atomic E-state index is 5.31. The third-order valence-corrected chi connectivity index (χ3v) is 11.1. The highest BCUT2D eigenvalue weighted by Gasteiger charge is 2.20. The van der Waals surface area contributed by atoms with E-state index >= 15 is 0 Å². The van der Waals surface area contributed by atoms with Gasteiger partial charge in [-0.2, -0.15) is 0 Å². The van der Waals surface area contributed by atoms with Gasteiger partial charge in [0.25, 0.3) is 0 Å². The Bertz CT molecular complexity index is 3020. The van der Waals surface area contributed by atoms with Gasteiger partial charge in [0.1, 0.15) is 0 Å². The summed E-state index contributed by atoms with van der Waals surface area (Å²) in [6.07, 6.45) is 1.99. The van der Waals surface area contributed by atoms with Crippen LogP contribution in [0.2, 0.25) is 0 Å². The second kappa shape index (κ2) is 10.1. The smallest absolute Gasteiger partial charge is 0.235 e. The van der Waals surface area contributed by atoms with E-state index in [1.165, 1.54) is 53.6 Å². The first-order chi connectivity index (χ1) is 24.3. The molecule has 0 aliphatic rings. The molecule has 5 heteroatoms. The molecule has 0 spiro atoms. The Morgan fingerprint density at radius 1 is 0.449 bits per heavy atom. The highest BCUT2D eigenvalue weighted by Crippen LogP contribution is 2.42. The molecule has 0 radical (unpaired) electrons. The van der Waals surface area contributed by atoms with Gasteiger partial charge in [0, 0.05) is 37.2 Å². The first-order valence-electron chi connectivity index (χ1n) is 16.5. The second-order valence-corrected chi connectivity index (χ2v) is 13.7. The average Bonchev–Trinajstić information content (AvgIpc) is 3.81. The van der Waals surface area contributed by atoms with Crippen LogP contribution in [0.15, 0.2) is 158 Å². The Morgan fingerprint density at radius 2 is 1.00 bits per heavy atom. The number of hydrogen-bond donors (Lipinski definition) is 0. The molecule has 0 unspecified atom stereocenters. The zero-order valence-corrected chi connectivity index (χ0v) is 27.0. The fourth-order valence-electron chi connectivity index (χ4n) is 7.88. The average molecular weight is 643 g/mol. The Kier molecular flexibility index (Phi) is 5.51. The van der Waals surface area contributed by atoms with Gasteiger partial charge in [-0.15, -0.1) is 11.3 Å². The molecule has 0 amide bonds. The van der Waals surface area contributed by atoms with E-state index in [0.717, 1.165) is 37.9 Å². The molecule has 4 nitrogen and oxygen atoms in total. The lowest BCUT2D eigenvalue weighted by atomic mass is 9.95. The number of rotatable bonds is 3. The molecule has 0 aliphatic carbocycles. The minimum absolute atomic E-state index is 0.686. The third-order valence-electron chi connectivity index (χ3n) is 9.99. The van der Waals surface area contributed by atoms with Crippen LogP contribution in [0.4, 0.5) is 0 Å². The van der Waals surface area contributed by atoms with Crippen molar-refractivity contribution >= 4 is 86.0 Å². The van der Waals surface area contributed by atoms with Crippen LogP contribution < -0.4 is 0 Å². The Labute approximate surface area is 284 Å². The van der Waals surface area contributed by atoms with Crippen molar-refractivity contribution in [2.45, 2.75) is 0 Å². The summed E-state index contributed by atoms with van der Waals surface area (Å²) in [4.78, 5) is 10.2. The van der Waals surface area contributed by atoms with Gasteiger partial charge in [-0.3, -0.25) is 4.57 Å². The summed E-state index contributed by atoms with van der Waals surface area (Å²) in [7, 11) is 0. The molecule has 0 N–H and O–H groups in total. The molecule has 49 heavy (non-hydrogen) atoms. The number of thiophene rings is 1. The van der Waals surface area contributed by atoms with Crippen LogP contribution in [-0.2, 0) is 0 Å². The van der Waals surface area contributed by atoms with E-state index in [9.17, 15) is 0 Å². The van der Waals surface area contributed by atoms with Gasteiger partial charge in [0.2, 0.25) is 5.95 Å². The van der Waals surface area contributed by atoms with Gasteiger partial charge in [0.05, 0.1) is 44.2 Å². The van der Waals surface area contributed by atoms with E-state index < -0.39 is 0 Å². The predicted molar refractivity (Wildman–Crippen MR) is 207 cm³/mol. The van der Waals surface area contributed by atoms with Gasteiger partial charge in [-0.05, 0) is 58.8 Å². The van der Waals surface area contributed by atoms with Crippen molar-refractivity contribution in [2.24, 2.45) is 0 Å². The van der Waals surface area contributed by atoms with Crippen LogP contribution in [-0.4, -0.2) is 19.1 Å². The van der Waals surface area contributed by atoms with Crippen LogP contribution in [0.5, 0.6) is 0 Å². The van der Waals surface area contributed by atoms with Crippen molar-refractivity contribution in [3.8, 4) is 22.8 Å². The van der Waals surface area contributed by atoms with Gasteiger partial charge in [-0.25, -0.2) is 9.97 Å². The summed E-state index contributed by atoms with van der Waals surface area (Å²) >= 11 is 1.75. The van der Waals surface area contributed by atoms with Crippen molar-refractivity contribution in [1.82, 2.24) is 19.1 Å². The SMILES string of the molecule is c1ccc2c(-c3ccc4sc5cnc(-n6c7ccccc7c7ccccc76)nc5c4c3)c(-n3c4ccccc4c4ccccc43)ccc2c1. The van der Waals surface area contributed by atoms with Crippen LogP contribution in [0.3, 0.4) is 0 Å². The predicted octanol–water partition coefficient (Wildman–Crippen LogP) is 11.9. The third kappa shape index (κ3) is 3.79. The zero-order valence-electron chi connectivity index (χ0n) is 26.2. The molecular formula is C44H26N4S. The van der Waals surface area contributed by atoms with E-state index in [2.05, 4.69) is 161 Å². The minimum Gasteiger partial charge on any atom is -0.309 e. The summed E-state index contributed by atoms with van der Waals surface area (Å²) in [5.41, 5.74) is 9.13. The van der Waals surface area contributed by atoms with E-state index in [1.54, 1.807) is 11.3 Å². The highest BCUT2D eigenvalue weighted by molar-refractivity contribution is 7.25. The van der Waals surface area contributed by atoms with E-state index in [1.807, 2.05) is 6.20 Å². The number of para-hydroxylation sites is 4. The molecule has 7 aromatic carbocycles. The number of fused-ring (bicyclic) bond motifs is 10. The van der Waals surface area contributed by atoms with E-state index in [0.29, 0.717) is 5.95 Å². The topological polar surface area (TPSA) is 35.6 Å². The van der Waals surface area contributed by atoms with Gasteiger partial charge in [-0.1, -0.05) is 109 Å². The standard InChI is InChI=1S/C44H26N4S/c1-2-12-29-27(11-1)21-23-39(47-35-17-7-3-13-30(35)31-14-4-8-18-36(31)47)42(29)28-22-24-40-34(25-28)43-41(49-40)26-45-44(46-43)48-37-19-9-5-15-32(37)33-16-6-10-20-38(33)48/h1-26H. The Balaban J connectivity index is 1.19. The fourth-order valence-corrected chi connectivity index (χ4v) is 8.88. The van der Waals surface area contributed by atoms with E-state index in [4.69, 9.17) is 9.97 Å². The summed E-state index contributed by atoms with van der Waals surface area (Å²) in [5, 5.41) is 8.50. The Morgan fingerprint density at radius 3 is 1.63 bits per heavy atom. The summed E-state index contributed by atoms with van der Waals surface area (Å²) in [6, 6.07) is 54.6. The number of nitrogens with zero attached hydrogens (tertiary/aromatic N) is 4. The quantitative estimate of drug-likeness (QED) is 0.192. The lowest BCUT2D eigenvalue weighted by Crippen LogP contribution is -2.00. The van der Waals surface area contributed by atoms with Gasteiger partial charge < -0.3 is 4.57 Å². The zero-order chi connectivity index (χ0) is 32.1. The molecule has 0 atom stereocenters. The van der Waals surface area contributed by atoms with Gasteiger partial charge >= 0.3 is 0 Å². The molecule has 228 valence electrons. The highest BCUT2D eigenvalue weighted by atomic mass is 32.1. The molecule has 0 bridgehead atoms. The maximum Gasteiger partial charge on any atom is 0.235 e. The minimum atomic E-state index is 0.686. The fraction of sp³-hybridized carbons (Fsp3) is 0. The monoisotopic (exact) mass is 642 g/mol. The summed E-state index contributed by atoms with van der Waals surface area (Å²) in [6.45, 7) is 0. The largest absolute Gasteiger partial charge is 0.309 e. The normalized spacial score (nSPS) is 12.1. The number of benzene rings is 7. The first-order valence-corrected chi connectivity index (χ1v) is 17.3. The molecule has 0 saturated carbocycles. The summed E-state index contributed by atoms with van der Waals surface area (Å²) < 4.78 is 6.91. The molecular weight excluding hydrogens is 617 g/mol. The second-order valence-electron chi connectivity index (χ2n) is 12.6. The molecule has 11 rings (SSSR count). The molecule has 0 fully saturated rings. The molecule has 11 aromatic rings. The van der Waals surface area contributed by atoms with Crippen molar-refractivity contribution in [1.29, 1.82) is 0 Å². The van der Waals surface area contributed by atoms with Crippen LogP contribution in [0.1, 0.15) is 0 Å². The van der Waals surface area contributed by atoms with Gasteiger partial charge in [0.15, 0.2) is 0 Å². The van der Waals surface area contributed by atoms with Crippen LogP contribution >= 0.6 is 11.3 Å². The van der Waals surface area contributed by atoms with Crippen molar-refractivity contribution in [3.63, 3.8) is 0 Å². The molecule has 0 aliphatic heterocycles. The van der Waals surface area contributed by atoms with Crippen molar-refractivity contribution in [3.05, 3.63) is 158 Å². The van der Waals surface area contributed by atoms with E-state index in [-0.39, 0.29) is 0 Å². The van der Waals surface area contributed by atoms with Crippen LogP contribution in [0.25, 0.3) is 97.4 Å². The summed E-state index contributed by atoms with van der Waals surface area (Å²) in [5.74, 6) is 0.686. The first kappa shape index (κ1) is 26.7. The Hall–Kier alpha value is -6.30. The maximum absolute atomic E-state index is 5.31. The lowest BCUT2D eigenvalue weighted by Gasteiger charge is -2.17. The molecule has 4 aromatic heterocycles. The molecule has 4 heterocycles. The van der Waals surface area contributed by atoms with Crippen molar-refractivity contribution < 1.29 is 0 Å². The van der Waals surface area contributed by atoms with Crippen molar-refractivity contribution in [2.75, 3.05) is 0 Å². The number of aromatic nitrogens is 4.